The zero-order chi connectivity index (χ0) is 10.4. The molecule has 0 saturated heterocycles. The van der Waals surface area contributed by atoms with E-state index in [1.807, 2.05) is 35.6 Å². The van der Waals surface area contributed by atoms with E-state index in [-0.39, 0.29) is 0 Å². The Morgan fingerprint density at radius 2 is 1.86 bits per heavy atom. The van der Waals surface area contributed by atoms with Gasteiger partial charge in [-0.3, -0.25) is 0 Å². The summed E-state index contributed by atoms with van der Waals surface area (Å²) in [5.41, 5.74) is 0.797. The SMILES string of the molecule is CCCCN=NN=c1n(C)ccn1C. The van der Waals surface area contributed by atoms with E-state index in [4.69, 9.17) is 0 Å². The number of aryl methyl sites for hydroxylation is 2. The highest BCUT2D eigenvalue weighted by Crippen LogP contribution is 1.87. The first-order chi connectivity index (χ1) is 6.75. The second-order valence-corrected chi connectivity index (χ2v) is 3.23. The van der Waals surface area contributed by atoms with Crippen LogP contribution in [0.4, 0.5) is 0 Å². The first-order valence-electron chi connectivity index (χ1n) is 4.84. The molecule has 14 heavy (non-hydrogen) atoms. The molecule has 1 aromatic rings. The molecule has 0 fully saturated rings. The monoisotopic (exact) mass is 195 g/mol. The van der Waals surface area contributed by atoms with Crippen LogP contribution < -0.4 is 5.62 Å². The van der Waals surface area contributed by atoms with Gasteiger partial charge in [0.05, 0.1) is 6.54 Å². The van der Waals surface area contributed by atoms with Gasteiger partial charge in [0, 0.05) is 26.5 Å². The molecule has 0 spiro atoms. The molecular formula is C9H17N5. The lowest BCUT2D eigenvalue weighted by atomic mass is 10.3. The van der Waals surface area contributed by atoms with Crippen molar-refractivity contribution in [2.45, 2.75) is 19.8 Å². The molecule has 5 heteroatoms. The van der Waals surface area contributed by atoms with Gasteiger partial charge in [-0.1, -0.05) is 18.4 Å². The van der Waals surface area contributed by atoms with Gasteiger partial charge < -0.3 is 9.13 Å². The first kappa shape index (κ1) is 10.7. The predicted molar refractivity (Wildman–Crippen MR) is 54.6 cm³/mol. The van der Waals surface area contributed by atoms with Crippen LogP contribution in [0.5, 0.6) is 0 Å². The third-order valence-corrected chi connectivity index (χ3v) is 1.95. The van der Waals surface area contributed by atoms with Gasteiger partial charge in [0.1, 0.15) is 0 Å². The number of nitrogens with zero attached hydrogens (tertiary/aromatic N) is 5. The first-order valence-corrected chi connectivity index (χ1v) is 4.84. The largest absolute Gasteiger partial charge is 0.319 e. The van der Waals surface area contributed by atoms with Gasteiger partial charge in [0.15, 0.2) is 0 Å². The minimum Gasteiger partial charge on any atom is -0.319 e. The Hall–Kier alpha value is -1.39. The summed E-state index contributed by atoms with van der Waals surface area (Å²) in [6, 6.07) is 0. The third-order valence-electron chi connectivity index (χ3n) is 1.95. The second kappa shape index (κ2) is 5.36. The highest BCUT2D eigenvalue weighted by molar-refractivity contribution is 4.76. The van der Waals surface area contributed by atoms with Crippen LogP contribution in [0.3, 0.4) is 0 Å². The fourth-order valence-electron chi connectivity index (χ4n) is 1.07. The summed E-state index contributed by atoms with van der Waals surface area (Å²) >= 11 is 0. The molecule has 5 nitrogen and oxygen atoms in total. The Morgan fingerprint density at radius 1 is 1.21 bits per heavy atom. The van der Waals surface area contributed by atoms with Crippen LogP contribution in [-0.4, -0.2) is 15.7 Å². The van der Waals surface area contributed by atoms with Crippen molar-refractivity contribution >= 4 is 0 Å². The highest BCUT2D eigenvalue weighted by Gasteiger charge is 1.90. The summed E-state index contributed by atoms with van der Waals surface area (Å²) in [5, 5.41) is 11.8. The van der Waals surface area contributed by atoms with Crippen molar-refractivity contribution in [3.05, 3.63) is 18.0 Å². The zero-order valence-electron chi connectivity index (χ0n) is 9.01. The minimum atomic E-state index is 0.758. The number of hydrogen-bond donors (Lipinski definition) is 0. The molecule has 0 radical (unpaired) electrons. The van der Waals surface area contributed by atoms with Crippen LogP contribution in [0.1, 0.15) is 19.8 Å². The quantitative estimate of drug-likeness (QED) is 0.396. The maximum absolute atomic E-state index is 4.02. The summed E-state index contributed by atoms with van der Waals surface area (Å²) in [5.74, 6) is 0. The number of aromatic nitrogens is 2. The normalized spacial score (nSPS) is 11.1. The van der Waals surface area contributed by atoms with Crippen molar-refractivity contribution in [2.24, 2.45) is 29.5 Å². The van der Waals surface area contributed by atoms with E-state index < -0.39 is 0 Å². The van der Waals surface area contributed by atoms with E-state index in [0.29, 0.717) is 0 Å². The lowest BCUT2D eigenvalue weighted by Gasteiger charge is -1.90. The lowest BCUT2D eigenvalue weighted by molar-refractivity contribution is 0.698. The van der Waals surface area contributed by atoms with Crippen LogP contribution in [0.25, 0.3) is 0 Å². The second-order valence-electron chi connectivity index (χ2n) is 3.23. The predicted octanol–water partition coefficient (Wildman–Crippen LogP) is 1.43. The lowest BCUT2D eigenvalue weighted by Crippen LogP contribution is -2.20. The van der Waals surface area contributed by atoms with E-state index in [0.717, 1.165) is 25.0 Å². The topological polar surface area (TPSA) is 46.9 Å². The maximum Gasteiger partial charge on any atom is 0.231 e. The Labute approximate surface area is 83.8 Å². The van der Waals surface area contributed by atoms with Crippen molar-refractivity contribution in [1.29, 1.82) is 0 Å². The number of unbranched alkanes of at least 4 members (excludes halogenated alkanes) is 1. The Morgan fingerprint density at radius 3 is 2.43 bits per heavy atom. The molecule has 0 bridgehead atoms. The van der Waals surface area contributed by atoms with Crippen LogP contribution in [0, 0.1) is 0 Å². The highest BCUT2D eigenvalue weighted by atomic mass is 15.4. The van der Waals surface area contributed by atoms with Crippen molar-refractivity contribution in [3.8, 4) is 0 Å². The van der Waals surface area contributed by atoms with Crippen molar-refractivity contribution in [1.82, 2.24) is 9.13 Å². The Balaban J connectivity index is 2.65. The summed E-state index contributed by atoms with van der Waals surface area (Å²) in [6.45, 7) is 2.89. The smallest absolute Gasteiger partial charge is 0.231 e. The van der Waals surface area contributed by atoms with E-state index in [2.05, 4.69) is 22.4 Å². The van der Waals surface area contributed by atoms with E-state index in [1.165, 1.54) is 0 Å². The molecule has 1 heterocycles. The van der Waals surface area contributed by atoms with Gasteiger partial charge in [-0.25, -0.2) is 0 Å². The fourth-order valence-corrected chi connectivity index (χ4v) is 1.07. The molecule has 1 aromatic heterocycles. The molecule has 0 aromatic carbocycles. The minimum absolute atomic E-state index is 0.758. The van der Waals surface area contributed by atoms with Crippen LogP contribution in [0.2, 0.25) is 0 Å². The summed E-state index contributed by atoms with van der Waals surface area (Å²) in [7, 11) is 3.86. The molecule has 0 N–H and O–H groups in total. The molecule has 0 aliphatic carbocycles. The van der Waals surface area contributed by atoms with Crippen molar-refractivity contribution < 1.29 is 0 Å². The number of hydrogen-bond acceptors (Lipinski definition) is 2. The Kier molecular flexibility index (Phi) is 4.10. The van der Waals surface area contributed by atoms with E-state index in [9.17, 15) is 0 Å². The van der Waals surface area contributed by atoms with E-state index in [1.54, 1.807) is 0 Å². The van der Waals surface area contributed by atoms with Crippen molar-refractivity contribution in [3.63, 3.8) is 0 Å². The molecule has 0 atom stereocenters. The zero-order valence-corrected chi connectivity index (χ0v) is 9.01. The van der Waals surface area contributed by atoms with Crippen LogP contribution in [-0.2, 0) is 14.1 Å². The summed E-state index contributed by atoms with van der Waals surface area (Å²) in [6.07, 6.45) is 6.07. The van der Waals surface area contributed by atoms with Gasteiger partial charge >= 0.3 is 0 Å². The fraction of sp³-hybridized carbons (Fsp3) is 0.667. The van der Waals surface area contributed by atoms with Gasteiger partial charge in [-0.05, 0) is 11.6 Å². The summed E-state index contributed by atoms with van der Waals surface area (Å²) < 4.78 is 3.80. The standard InChI is InChI=1S/C9H17N5/c1-4-5-6-10-12-11-9-13(2)7-8-14(9)3/h7-8H,4-6H2,1-3H3. The molecule has 0 unspecified atom stereocenters. The molecule has 1 rings (SSSR count). The maximum atomic E-state index is 4.02. The van der Waals surface area contributed by atoms with Gasteiger partial charge in [0.25, 0.3) is 0 Å². The molecule has 0 saturated carbocycles. The third kappa shape index (κ3) is 2.83. The van der Waals surface area contributed by atoms with Crippen LogP contribution in [0.15, 0.2) is 27.8 Å². The average molecular weight is 195 g/mol. The molecule has 0 aliphatic heterocycles. The Bertz CT molecular complexity index is 335. The van der Waals surface area contributed by atoms with Gasteiger partial charge in [0.2, 0.25) is 5.62 Å². The average Bonchev–Trinajstić information content (AvgIpc) is 2.48. The molecular weight excluding hydrogens is 178 g/mol. The number of rotatable bonds is 4. The van der Waals surface area contributed by atoms with Crippen LogP contribution >= 0.6 is 0 Å². The molecule has 0 aliphatic rings. The van der Waals surface area contributed by atoms with Crippen molar-refractivity contribution in [2.75, 3.05) is 6.54 Å². The van der Waals surface area contributed by atoms with Gasteiger partial charge in [-0.2, -0.15) is 5.11 Å². The molecule has 78 valence electrons. The molecule has 0 amide bonds. The summed E-state index contributed by atoms with van der Waals surface area (Å²) in [4.78, 5) is 0. The van der Waals surface area contributed by atoms with Gasteiger partial charge in [-0.15, -0.1) is 0 Å². The number of imidazole rings is 1. The van der Waals surface area contributed by atoms with E-state index >= 15 is 0 Å².